The van der Waals surface area contributed by atoms with Gasteiger partial charge in [0.2, 0.25) is 10.7 Å². The number of hydrogen-bond donors (Lipinski definition) is 2. The Morgan fingerprint density at radius 1 is 1.09 bits per heavy atom. The molecule has 4 aromatic rings. The van der Waals surface area contributed by atoms with E-state index in [0.717, 1.165) is 22.4 Å². The lowest BCUT2D eigenvalue weighted by Crippen LogP contribution is -2.25. The first-order chi connectivity index (χ1) is 16.9. The van der Waals surface area contributed by atoms with Crippen molar-refractivity contribution in [3.05, 3.63) is 117 Å². The summed E-state index contributed by atoms with van der Waals surface area (Å²) in [6, 6.07) is 23.7. The van der Waals surface area contributed by atoms with Crippen molar-refractivity contribution in [1.82, 2.24) is 4.68 Å². The molecule has 1 aromatic heterocycles. The lowest BCUT2D eigenvalue weighted by atomic mass is 10.1. The molecule has 0 aliphatic heterocycles. The number of amides is 1. The monoisotopic (exact) mass is 485 g/mol. The van der Waals surface area contributed by atoms with E-state index in [1.165, 1.54) is 30.4 Å². The molecule has 176 valence electrons. The summed E-state index contributed by atoms with van der Waals surface area (Å²) in [7, 11) is 0. The second-order valence-corrected chi connectivity index (χ2v) is 8.53. The van der Waals surface area contributed by atoms with E-state index in [1.54, 1.807) is 18.2 Å². The fourth-order valence-electron chi connectivity index (χ4n) is 3.41. The molecule has 4 rings (SSSR count). The second-order valence-electron chi connectivity index (χ2n) is 7.70. The van der Waals surface area contributed by atoms with Gasteiger partial charge in [0, 0.05) is 41.3 Å². The van der Waals surface area contributed by atoms with Gasteiger partial charge in [-0.2, -0.15) is 0 Å². The van der Waals surface area contributed by atoms with Crippen molar-refractivity contribution in [3.63, 3.8) is 0 Å². The largest absolute Gasteiger partial charge is 0.326 e. The summed E-state index contributed by atoms with van der Waals surface area (Å²) in [6.07, 6.45) is 0. The third kappa shape index (κ3) is 5.90. The van der Waals surface area contributed by atoms with Crippen molar-refractivity contribution in [2.24, 2.45) is 4.99 Å². The standard InChI is InChI=1S/C26H23N5O3S/c1-18(22-9-6-10-23(15-22)28-19(2)32)29-30-25(21-11-13-24(14-12-21)31(33)34)17-35-26(30)27-16-20-7-4-3-5-8-20/h3-15,17,29H,1,16H2,2H3,(H,28,32). The topological polar surface area (TPSA) is 102 Å². The summed E-state index contributed by atoms with van der Waals surface area (Å²) >= 11 is 1.45. The van der Waals surface area contributed by atoms with E-state index in [-0.39, 0.29) is 11.6 Å². The van der Waals surface area contributed by atoms with Crippen LogP contribution in [0.1, 0.15) is 18.1 Å². The molecule has 0 radical (unpaired) electrons. The molecule has 2 N–H and O–H groups in total. The zero-order chi connectivity index (χ0) is 24.8. The van der Waals surface area contributed by atoms with E-state index in [0.29, 0.717) is 22.7 Å². The fourth-order valence-corrected chi connectivity index (χ4v) is 4.26. The fraction of sp³-hybridized carbons (Fsp3) is 0.0769. The molecule has 0 atom stereocenters. The molecular weight excluding hydrogens is 462 g/mol. The van der Waals surface area contributed by atoms with Gasteiger partial charge in [-0.1, -0.05) is 49.0 Å². The van der Waals surface area contributed by atoms with E-state index in [4.69, 9.17) is 4.99 Å². The van der Waals surface area contributed by atoms with Crippen molar-refractivity contribution < 1.29 is 9.72 Å². The van der Waals surface area contributed by atoms with Crippen LogP contribution in [0.15, 0.2) is 95.8 Å². The molecule has 0 saturated carbocycles. The number of aromatic nitrogens is 1. The number of carbonyl (C=O) groups is 1. The number of thiazole rings is 1. The number of nitrogens with zero attached hydrogens (tertiary/aromatic N) is 3. The van der Waals surface area contributed by atoms with Gasteiger partial charge in [-0.25, -0.2) is 4.68 Å². The third-order valence-electron chi connectivity index (χ3n) is 5.10. The highest BCUT2D eigenvalue weighted by molar-refractivity contribution is 7.07. The quantitative estimate of drug-likeness (QED) is 0.258. The molecule has 9 heteroatoms. The van der Waals surface area contributed by atoms with Crippen molar-refractivity contribution >= 4 is 34.3 Å². The molecule has 35 heavy (non-hydrogen) atoms. The van der Waals surface area contributed by atoms with Gasteiger partial charge >= 0.3 is 0 Å². The Bertz CT molecular complexity index is 1440. The Balaban J connectivity index is 1.71. The lowest BCUT2D eigenvalue weighted by Gasteiger charge is -2.15. The van der Waals surface area contributed by atoms with Crippen LogP contribution in [-0.4, -0.2) is 15.5 Å². The molecule has 0 unspecified atom stereocenters. The molecule has 0 aliphatic rings. The number of benzene rings is 3. The minimum absolute atomic E-state index is 0.0247. The Morgan fingerprint density at radius 3 is 2.51 bits per heavy atom. The molecule has 0 fully saturated rings. The van der Waals surface area contributed by atoms with E-state index in [2.05, 4.69) is 17.3 Å². The zero-order valence-electron chi connectivity index (χ0n) is 19.0. The van der Waals surface area contributed by atoms with Crippen molar-refractivity contribution in [3.8, 4) is 11.3 Å². The van der Waals surface area contributed by atoms with Crippen LogP contribution in [0.3, 0.4) is 0 Å². The van der Waals surface area contributed by atoms with Crippen molar-refractivity contribution in [1.29, 1.82) is 0 Å². The molecular formula is C26H23N5O3S. The zero-order valence-corrected chi connectivity index (χ0v) is 19.8. The second kappa shape index (κ2) is 10.6. The predicted molar refractivity (Wildman–Crippen MR) is 139 cm³/mol. The summed E-state index contributed by atoms with van der Waals surface area (Å²) in [5, 5.41) is 15.8. The average molecular weight is 486 g/mol. The summed E-state index contributed by atoms with van der Waals surface area (Å²) in [4.78, 5) is 27.6. The number of nitro groups is 1. The van der Waals surface area contributed by atoms with Crippen LogP contribution in [0.25, 0.3) is 17.0 Å². The third-order valence-corrected chi connectivity index (χ3v) is 5.96. The van der Waals surface area contributed by atoms with Gasteiger partial charge < -0.3 is 5.32 Å². The van der Waals surface area contributed by atoms with Crippen LogP contribution in [0.2, 0.25) is 0 Å². The van der Waals surface area contributed by atoms with Crippen LogP contribution >= 0.6 is 11.3 Å². The van der Waals surface area contributed by atoms with Gasteiger partial charge in [0.1, 0.15) is 0 Å². The Hall–Kier alpha value is -4.50. The van der Waals surface area contributed by atoms with E-state index in [9.17, 15) is 14.9 Å². The first-order valence-corrected chi connectivity index (χ1v) is 11.6. The first-order valence-electron chi connectivity index (χ1n) is 10.7. The van der Waals surface area contributed by atoms with Crippen LogP contribution < -0.4 is 15.5 Å². The van der Waals surface area contributed by atoms with E-state index < -0.39 is 4.92 Å². The summed E-state index contributed by atoms with van der Waals surface area (Å²) in [6.45, 7) is 6.13. The van der Waals surface area contributed by atoms with Gasteiger partial charge in [0.25, 0.3) is 5.69 Å². The number of nitro benzene ring substituents is 1. The lowest BCUT2D eigenvalue weighted by molar-refractivity contribution is -0.384. The highest BCUT2D eigenvalue weighted by Crippen LogP contribution is 2.24. The molecule has 8 nitrogen and oxygen atoms in total. The minimum Gasteiger partial charge on any atom is -0.326 e. The first kappa shape index (κ1) is 23.7. The molecule has 1 heterocycles. The molecule has 3 aromatic carbocycles. The molecule has 1 amide bonds. The summed E-state index contributed by atoms with van der Waals surface area (Å²) < 4.78 is 1.82. The molecule has 0 bridgehead atoms. The highest BCUT2D eigenvalue weighted by Gasteiger charge is 2.12. The number of nitrogens with one attached hydrogen (secondary N) is 2. The summed E-state index contributed by atoms with van der Waals surface area (Å²) in [5.74, 6) is -0.157. The number of carbonyl (C=O) groups excluding carboxylic acids is 1. The normalized spacial score (nSPS) is 11.2. The smallest absolute Gasteiger partial charge is 0.269 e. The number of hydrogen-bond acceptors (Lipinski definition) is 6. The summed E-state index contributed by atoms with van der Waals surface area (Å²) in [5.41, 5.74) is 8.05. The van der Waals surface area contributed by atoms with Crippen molar-refractivity contribution in [2.45, 2.75) is 13.5 Å². The van der Waals surface area contributed by atoms with Gasteiger partial charge in [-0.15, -0.1) is 11.3 Å². The van der Waals surface area contributed by atoms with Crippen LogP contribution in [0, 0.1) is 10.1 Å². The SMILES string of the molecule is C=C(Nn1c(-c2ccc([N+](=O)[O-])cc2)csc1=NCc1ccccc1)c1cccc(NC(C)=O)c1. The molecule has 0 spiro atoms. The number of rotatable bonds is 8. The average Bonchev–Trinajstić information content (AvgIpc) is 3.25. The maximum Gasteiger partial charge on any atom is 0.269 e. The van der Waals surface area contributed by atoms with Gasteiger partial charge in [0.15, 0.2) is 0 Å². The van der Waals surface area contributed by atoms with Gasteiger partial charge in [-0.05, 0) is 29.8 Å². The maximum atomic E-state index is 11.4. The highest BCUT2D eigenvalue weighted by atomic mass is 32.1. The van der Waals surface area contributed by atoms with Gasteiger partial charge in [-0.3, -0.25) is 25.3 Å². The Labute approximate surface area is 206 Å². The molecule has 0 saturated heterocycles. The minimum atomic E-state index is -0.422. The van der Waals surface area contributed by atoms with Crippen molar-refractivity contribution in [2.75, 3.05) is 10.7 Å². The predicted octanol–water partition coefficient (Wildman–Crippen LogP) is 5.40. The van der Waals surface area contributed by atoms with Crippen LogP contribution in [0.4, 0.5) is 11.4 Å². The number of non-ortho nitro benzene ring substituents is 1. The Kier molecular flexibility index (Phi) is 7.18. The molecule has 0 aliphatic carbocycles. The van der Waals surface area contributed by atoms with E-state index >= 15 is 0 Å². The van der Waals surface area contributed by atoms with E-state index in [1.807, 2.05) is 58.6 Å². The number of anilines is 1. The van der Waals surface area contributed by atoms with Crippen LogP contribution in [0.5, 0.6) is 0 Å². The Morgan fingerprint density at radius 2 is 1.83 bits per heavy atom. The van der Waals surface area contributed by atoms with Gasteiger partial charge in [0.05, 0.1) is 22.9 Å². The van der Waals surface area contributed by atoms with Crippen LogP contribution in [-0.2, 0) is 11.3 Å². The maximum absolute atomic E-state index is 11.4.